The molecule has 1 fully saturated rings. The average molecular weight is 491 g/mol. The fraction of sp³-hybridized carbons (Fsp3) is 0.286. The van der Waals surface area contributed by atoms with E-state index < -0.39 is 11.9 Å². The molecule has 1 saturated heterocycles. The molecule has 3 aromatic rings. The maximum atomic E-state index is 12.1. The SMILES string of the molecule is O=C(COC(=O)COc1ccc(OCc2ccccc2)cc1)Nc1ccc(CN2CCOCC2)cc1. The Morgan fingerprint density at radius 2 is 1.44 bits per heavy atom. The Bertz CT molecular complexity index is 1100. The van der Waals surface area contributed by atoms with E-state index in [-0.39, 0.29) is 13.2 Å². The number of hydrogen-bond donors (Lipinski definition) is 1. The predicted octanol–water partition coefficient (Wildman–Crippen LogP) is 3.66. The molecule has 36 heavy (non-hydrogen) atoms. The van der Waals surface area contributed by atoms with Crippen LogP contribution in [0.3, 0.4) is 0 Å². The number of benzene rings is 3. The van der Waals surface area contributed by atoms with Crippen molar-refractivity contribution in [2.75, 3.05) is 44.8 Å². The second-order valence-electron chi connectivity index (χ2n) is 8.33. The third kappa shape index (κ3) is 8.41. The Morgan fingerprint density at radius 1 is 0.778 bits per heavy atom. The normalized spacial score (nSPS) is 13.6. The van der Waals surface area contributed by atoms with Gasteiger partial charge in [0.25, 0.3) is 5.91 Å². The molecule has 1 aliphatic rings. The molecule has 1 amide bonds. The first-order chi connectivity index (χ1) is 17.6. The number of rotatable bonds is 11. The van der Waals surface area contributed by atoms with Crippen molar-refractivity contribution in [2.45, 2.75) is 13.2 Å². The second-order valence-corrected chi connectivity index (χ2v) is 8.33. The number of morpholine rings is 1. The molecule has 0 unspecified atom stereocenters. The Balaban J connectivity index is 1.12. The van der Waals surface area contributed by atoms with E-state index in [9.17, 15) is 9.59 Å². The van der Waals surface area contributed by atoms with E-state index in [1.54, 1.807) is 24.3 Å². The minimum absolute atomic E-state index is 0.298. The van der Waals surface area contributed by atoms with Crippen molar-refractivity contribution in [3.05, 3.63) is 90.0 Å². The fourth-order valence-electron chi connectivity index (χ4n) is 3.61. The number of anilines is 1. The van der Waals surface area contributed by atoms with Crippen molar-refractivity contribution in [3.63, 3.8) is 0 Å². The Kier molecular flexibility index (Phi) is 9.30. The summed E-state index contributed by atoms with van der Waals surface area (Å²) < 4.78 is 21.5. The van der Waals surface area contributed by atoms with E-state index in [1.807, 2.05) is 54.6 Å². The van der Waals surface area contributed by atoms with E-state index in [0.717, 1.165) is 44.0 Å². The lowest BCUT2D eigenvalue weighted by atomic mass is 10.2. The number of esters is 1. The molecule has 0 spiro atoms. The summed E-state index contributed by atoms with van der Waals surface area (Å²) in [6.07, 6.45) is 0. The summed E-state index contributed by atoms with van der Waals surface area (Å²) >= 11 is 0. The smallest absolute Gasteiger partial charge is 0.344 e. The highest BCUT2D eigenvalue weighted by Gasteiger charge is 2.12. The van der Waals surface area contributed by atoms with Gasteiger partial charge < -0.3 is 24.3 Å². The summed E-state index contributed by atoms with van der Waals surface area (Å²) in [5.74, 6) is 0.153. The third-order valence-electron chi connectivity index (χ3n) is 5.54. The van der Waals surface area contributed by atoms with Crippen LogP contribution >= 0.6 is 0 Å². The van der Waals surface area contributed by atoms with Crippen LogP contribution < -0.4 is 14.8 Å². The molecule has 0 radical (unpaired) electrons. The summed E-state index contributed by atoms with van der Waals surface area (Å²) in [4.78, 5) is 26.4. The van der Waals surface area contributed by atoms with Crippen LogP contribution in [0.1, 0.15) is 11.1 Å². The summed E-state index contributed by atoms with van der Waals surface area (Å²) in [6, 6.07) is 24.5. The molecule has 0 aromatic heterocycles. The molecule has 0 aliphatic carbocycles. The number of hydrogen-bond acceptors (Lipinski definition) is 7. The highest BCUT2D eigenvalue weighted by atomic mass is 16.6. The van der Waals surface area contributed by atoms with Gasteiger partial charge >= 0.3 is 5.97 Å². The van der Waals surface area contributed by atoms with E-state index in [4.69, 9.17) is 18.9 Å². The van der Waals surface area contributed by atoms with E-state index in [0.29, 0.717) is 23.8 Å². The van der Waals surface area contributed by atoms with Gasteiger partial charge in [0.15, 0.2) is 13.2 Å². The first-order valence-corrected chi connectivity index (χ1v) is 11.9. The molecule has 0 bridgehead atoms. The van der Waals surface area contributed by atoms with Gasteiger partial charge in [0.2, 0.25) is 0 Å². The second kappa shape index (κ2) is 13.3. The number of carbonyl (C=O) groups is 2. The van der Waals surface area contributed by atoms with Gasteiger partial charge in [-0.3, -0.25) is 9.69 Å². The van der Waals surface area contributed by atoms with Gasteiger partial charge in [-0.2, -0.15) is 0 Å². The number of amides is 1. The van der Waals surface area contributed by atoms with Crippen molar-refractivity contribution in [1.82, 2.24) is 4.90 Å². The van der Waals surface area contributed by atoms with Crippen LogP contribution in [-0.4, -0.2) is 56.3 Å². The first-order valence-electron chi connectivity index (χ1n) is 11.9. The Morgan fingerprint density at radius 3 is 2.14 bits per heavy atom. The van der Waals surface area contributed by atoms with Gasteiger partial charge in [-0.25, -0.2) is 4.79 Å². The quantitative estimate of drug-likeness (QED) is 0.411. The number of ether oxygens (including phenoxy) is 4. The molecule has 188 valence electrons. The van der Waals surface area contributed by atoms with Gasteiger partial charge in [-0.15, -0.1) is 0 Å². The van der Waals surface area contributed by atoms with Crippen molar-refractivity contribution in [1.29, 1.82) is 0 Å². The first kappa shape index (κ1) is 25.2. The summed E-state index contributed by atoms with van der Waals surface area (Å²) in [5, 5.41) is 2.73. The molecule has 1 aliphatic heterocycles. The predicted molar refractivity (Wildman–Crippen MR) is 135 cm³/mol. The van der Waals surface area contributed by atoms with Gasteiger partial charge in [0.05, 0.1) is 13.2 Å². The molecule has 0 saturated carbocycles. The Hall–Kier alpha value is -3.88. The van der Waals surface area contributed by atoms with Crippen LogP contribution in [0, 0.1) is 0 Å². The van der Waals surface area contributed by atoms with Gasteiger partial charge in [-0.05, 0) is 47.5 Å². The maximum absolute atomic E-state index is 12.1. The highest BCUT2D eigenvalue weighted by molar-refractivity contribution is 5.92. The standard InChI is InChI=1S/C28H30N2O6/c31-27(29-24-8-6-22(7-9-24)18-30-14-16-33-17-15-30)20-36-28(32)21-35-26-12-10-25(11-13-26)34-19-23-4-2-1-3-5-23/h1-13H,14-21H2,(H,29,31). The van der Waals surface area contributed by atoms with Gasteiger partial charge in [0.1, 0.15) is 18.1 Å². The number of carbonyl (C=O) groups excluding carboxylic acids is 2. The molecule has 1 N–H and O–H groups in total. The topological polar surface area (TPSA) is 86.3 Å². The van der Waals surface area contributed by atoms with Crippen LogP contribution in [0.25, 0.3) is 0 Å². The minimum atomic E-state index is -0.629. The average Bonchev–Trinajstić information content (AvgIpc) is 2.92. The van der Waals surface area contributed by atoms with Gasteiger partial charge in [-0.1, -0.05) is 42.5 Å². The zero-order valence-electron chi connectivity index (χ0n) is 20.1. The monoisotopic (exact) mass is 490 g/mol. The fourth-order valence-corrected chi connectivity index (χ4v) is 3.61. The molecule has 3 aromatic carbocycles. The van der Waals surface area contributed by atoms with E-state index >= 15 is 0 Å². The summed E-state index contributed by atoms with van der Waals surface area (Å²) in [7, 11) is 0. The van der Waals surface area contributed by atoms with Crippen LogP contribution in [0.2, 0.25) is 0 Å². The van der Waals surface area contributed by atoms with Crippen LogP contribution in [-0.2, 0) is 32.2 Å². The number of nitrogens with one attached hydrogen (secondary N) is 1. The molecule has 8 heteroatoms. The molecular weight excluding hydrogens is 460 g/mol. The molecule has 4 rings (SSSR count). The minimum Gasteiger partial charge on any atom is -0.489 e. The van der Waals surface area contributed by atoms with Crippen molar-refractivity contribution < 1.29 is 28.5 Å². The third-order valence-corrected chi connectivity index (χ3v) is 5.54. The highest BCUT2D eigenvalue weighted by Crippen LogP contribution is 2.19. The van der Waals surface area contributed by atoms with Crippen molar-refractivity contribution in [3.8, 4) is 11.5 Å². The zero-order valence-corrected chi connectivity index (χ0v) is 20.1. The zero-order chi connectivity index (χ0) is 25.0. The number of nitrogens with zero attached hydrogens (tertiary/aromatic N) is 1. The summed E-state index contributed by atoms with van der Waals surface area (Å²) in [5.41, 5.74) is 2.88. The van der Waals surface area contributed by atoms with E-state index in [2.05, 4.69) is 10.2 Å². The molecule has 0 atom stereocenters. The lowest BCUT2D eigenvalue weighted by Gasteiger charge is -2.26. The van der Waals surface area contributed by atoms with Crippen LogP contribution in [0.15, 0.2) is 78.9 Å². The Labute approximate surface area is 210 Å². The van der Waals surface area contributed by atoms with Crippen molar-refractivity contribution >= 4 is 17.6 Å². The molecule has 1 heterocycles. The molecule has 8 nitrogen and oxygen atoms in total. The summed E-state index contributed by atoms with van der Waals surface area (Å²) in [6.45, 7) is 3.98. The van der Waals surface area contributed by atoms with Crippen LogP contribution in [0.4, 0.5) is 5.69 Å². The van der Waals surface area contributed by atoms with E-state index in [1.165, 1.54) is 0 Å². The van der Waals surface area contributed by atoms with Crippen molar-refractivity contribution in [2.24, 2.45) is 0 Å². The van der Waals surface area contributed by atoms with Crippen LogP contribution in [0.5, 0.6) is 11.5 Å². The lowest BCUT2D eigenvalue weighted by Crippen LogP contribution is -2.35. The largest absolute Gasteiger partial charge is 0.489 e. The lowest BCUT2D eigenvalue weighted by molar-refractivity contribution is -0.149. The molecular formula is C28H30N2O6. The van der Waals surface area contributed by atoms with Gasteiger partial charge in [0, 0.05) is 25.3 Å². The maximum Gasteiger partial charge on any atom is 0.344 e.